The molecule has 2 fully saturated rings. The van der Waals surface area contributed by atoms with E-state index < -0.39 is 0 Å². The summed E-state index contributed by atoms with van der Waals surface area (Å²) in [5, 5.41) is 6.50. The van der Waals surface area contributed by atoms with Gasteiger partial charge in [0.1, 0.15) is 6.61 Å². The highest BCUT2D eigenvalue weighted by atomic mass is 16.5. The Balaban J connectivity index is 1.50. The zero-order valence-corrected chi connectivity index (χ0v) is 15.7. The predicted molar refractivity (Wildman–Crippen MR) is 93.6 cm³/mol. The number of rotatable bonds is 6. The number of nitrogens with zero attached hydrogens (tertiary/aromatic N) is 4. The molecular formula is C17H27N5O5. The lowest BCUT2D eigenvalue weighted by Crippen LogP contribution is -2.55. The fourth-order valence-electron chi connectivity index (χ4n) is 3.35. The minimum absolute atomic E-state index is 0.0110. The summed E-state index contributed by atoms with van der Waals surface area (Å²) in [6.07, 6.45) is 3.42. The van der Waals surface area contributed by atoms with Crippen LogP contribution in [0, 0.1) is 0 Å². The largest absolute Gasteiger partial charge is 0.377 e. The third-order valence-electron chi connectivity index (χ3n) is 4.74. The normalized spacial score (nSPS) is 20.6. The summed E-state index contributed by atoms with van der Waals surface area (Å²) >= 11 is 0. The topological polar surface area (TPSA) is 110 Å². The van der Waals surface area contributed by atoms with Gasteiger partial charge in [-0.05, 0) is 19.3 Å². The number of amides is 3. The molecule has 3 heterocycles. The summed E-state index contributed by atoms with van der Waals surface area (Å²) in [4.78, 5) is 32.9. The minimum atomic E-state index is -0.264. The summed E-state index contributed by atoms with van der Waals surface area (Å²) in [6.45, 7) is 3.35. The molecule has 1 aromatic rings. The van der Waals surface area contributed by atoms with E-state index in [1.54, 1.807) is 12.0 Å². The second kappa shape index (κ2) is 9.65. The molecule has 0 unspecified atom stereocenters. The Kier molecular flexibility index (Phi) is 6.99. The van der Waals surface area contributed by atoms with Crippen molar-refractivity contribution in [3.8, 4) is 0 Å². The standard InChI is InChI=1S/C17H27N5O5/c1-25-12-14-19-16(27-20-14)10-18-15(23)9-13-11-26-8-7-22(13)17(24)21-5-3-2-4-6-21/h13H,2-12H2,1H3,(H,18,23)/t13-/m0/s1. The summed E-state index contributed by atoms with van der Waals surface area (Å²) in [6, 6.07) is -0.253. The molecule has 0 spiro atoms. The van der Waals surface area contributed by atoms with Crippen LogP contribution in [0.15, 0.2) is 4.52 Å². The molecule has 2 aliphatic heterocycles. The van der Waals surface area contributed by atoms with E-state index in [1.165, 1.54) is 6.42 Å². The number of nitrogens with one attached hydrogen (secondary N) is 1. The average Bonchev–Trinajstić information content (AvgIpc) is 3.15. The number of hydrogen-bond acceptors (Lipinski definition) is 7. The number of hydrogen-bond donors (Lipinski definition) is 1. The van der Waals surface area contributed by atoms with E-state index in [1.807, 2.05) is 4.90 Å². The monoisotopic (exact) mass is 381 g/mol. The van der Waals surface area contributed by atoms with Crippen molar-refractivity contribution >= 4 is 11.9 Å². The number of urea groups is 1. The third kappa shape index (κ3) is 5.39. The van der Waals surface area contributed by atoms with Crippen molar-refractivity contribution in [3.05, 3.63) is 11.7 Å². The van der Waals surface area contributed by atoms with Crippen molar-refractivity contribution in [2.75, 3.05) is 40.0 Å². The number of piperidine rings is 1. The smallest absolute Gasteiger partial charge is 0.320 e. The highest BCUT2D eigenvalue weighted by molar-refractivity contribution is 5.79. The van der Waals surface area contributed by atoms with Gasteiger partial charge in [-0.3, -0.25) is 4.79 Å². The molecule has 0 radical (unpaired) electrons. The lowest BCUT2D eigenvalue weighted by molar-refractivity contribution is -0.123. The molecule has 10 nitrogen and oxygen atoms in total. The summed E-state index contributed by atoms with van der Waals surface area (Å²) in [5.41, 5.74) is 0. The van der Waals surface area contributed by atoms with Crippen LogP contribution >= 0.6 is 0 Å². The first-order chi connectivity index (χ1) is 13.2. The number of morpholine rings is 1. The fraction of sp³-hybridized carbons (Fsp3) is 0.765. The van der Waals surface area contributed by atoms with E-state index in [2.05, 4.69) is 15.5 Å². The Labute approximate surface area is 158 Å². The zero-order chi connectivity index (χ0) is 19.1. The van der Waals surface area contributed by atoms with Gasteiger partial charge in [-0.15, -0.1) is 0 Å². The first kappa shape index (κ1) is 19.6. The summed E-state index contributed by atoms with van der Waals surface area (Å²) in [5.74, 6) is 0.561. The first-order valence-electron chi connectivity index (χ1n) is 9.37. The number of likely N-dealkylation sites (tertiary alicyclic amines) is 1. The maximum atomic E-state index is 12.8. The van der Waals surface area contributed by atoms with E-state index in [0.717, 1.165) is 25.9 Å². The van der Waals surface area contributed by atoms with Gasteiger partial charge in [-0.2, -0.15) is 4.98 Å². The van der Waals surface area contributed by atoms with Crippen LogP contribution in [0.3, 0.4) is 0 Å². The van der Waals surface area contributed by atoms with E-state index in [-0.39, 0.29) is 37.6 Å². The van der Waals surface area contributed by atoms with Gasteiger partial charge in [-0.25, -0.2) is 4.79 Å². The second-order valence-electron chi connectivity index (χ2n) is 6.77. The molecule has 1 N–H and O–H groups in total. The van der Waals surface area contributed by atoms with Crippen LogP contribution in [0.5, 0.6) is 0 Å². The molecule has 1 atom stereocenters. The molecule has 27 heavy (non-hydrogen) atoms. The number of aromatic nitrogens is 2. The van der Waals surface area contributed by atoms with Gasteiger partial charge in [0.15, 0.2) is 5.82 Å². The molecule has 3 rings (SSSR count). The molecule has 2 aliphatic rings. The van der Waals surface area contributed by atoms with Gasteiger partial charge in [0.2, 0.25) is 11.8 Å². The van der Waals surface area contributed by atoms with Gasteiger partial charge in [0, 0.05) is 33.2 Å². The lowest BCUT2D eigenvalue weighted by Gasteiger charge is -2.39. The second-order valence-corrected chi connectivity index (χ2v) is 6.77. The molecule has 2 saturated heterocycles. The van der Waals surface area contributed by atoms with Crippen molar-refractivity contribution in [2.45, 2.75) is 44.9 Å². The molecule has 0 aromatic carbocycles. The SMILES string of the molecule is COCc1noc(CNC(=O)C[C@H]2COCCN2C(=O)N2CCCCC2)n1. The van der Waals surface area contributed by atoms with Crippen LogP contribution in [0.2, 0.25) is 0 Å². The zero-order valence-electron chi connectivity index (χ0n) is 15.7. The van der Waals surface area contributed by atoms with Crippen LogP contribution < -0.4 is 5.32 Å². The van der Waals surface area contributed by atoms with Crippen LogP contribution in [0.25, 0.3) is 0 Å². The first-order valence-corrected chi connectivity index (χ1v) is 9.37. The quantitative estimate of drug-likeness (QED) is 0.765. The van der Waals surface area contributed by atoms with Crippen molar-refractivity contribution in [2.24, 2.45) is 0 Å². The van der Waals surface area contributed by atoms with E-state index in [9.17, 15) is 9.59 Å². The Morgan fingerprint density at radius 3 is 2.85 bits per heavy atom. The van der Waals surface area contributed by atoms with Crippen LogP contribution in [0.1, 0.15) is 37.4 Å². The Bertz CT molecular complexity index is 631. The van der Waals surface area contributed by atoms with Gasteiger partial charge in [-0.1, -0.05) is 5.16 Å². The van der Waals surface area contributed by atoms with Gasteiger partial charge < -0.3 is 29.1 Å². The highest BCUT2D eigenvalue weighted by Gasteiger charge is 2.32. The maximum absolute atomic E-state index is 12.8. The highest BCUT2D eigenvalue weighted by Crippen LogP contribution is 2.17. The number of carbonyl (C=O) groups is 2. The van der Waals surface area contributed by atoms with Crippen molar-refractivity contribution in [3.63, 3.8) is 0 Å². The van der Waals surface area contributed by atoms with Crippen molar-refractivity contribution in [1.29, 1.82) is 0 Å². The molecule has 0 bridgehead atoms. The molecule has 0 aliphatic carbocycles. The molecular weight excluding hydrogens is 354 g/mol. The Morgan fingerprint density at radius 2 is 2.07 bits per heavy atom. The van der Waals surface area contributed by atoms with E-state index in [4.69, 9.17) is 14.0 Å². The Hall–Kier alpha value is -2.20. The third-order valence-corrected chi connectivity index (χ3v) is 4.74. The molecule has 0 saturated carbocycles. The van der Waals surface area contributed by atoms with Gasteiger partial charge in [0.25, 0.3) is 0 Å². The fourth-order valence-corrected chi connectivity index (χ4v) is 3.35. The Morgan fingerprint density at radius 1 is 1.26 bits per heavy atom. The molecule has 3 amide bonds. The van der Waals surface area contributed by atoms with Crippen LogP contribution in [-0.4, -0.2) is 77.9 Å². The van der Waals surface area contributed by atoms with Crippen molar-refractivity contribution < 1.29 is 23.6 Å². The number of methoxy groups -OCH3 is 1. The number of ether oxygens (including phenoxy) is 2. The van der Waals surface area contributed by atoms with E-state index in [0.29, 0.717) is 31.5 Å². The molecule has 150 valence electrons. The van der Waals surface area contributed by atoms with Gasteiger partial charge >= 0.3 is 6.03 Å². The molecule has 10 heteroatoms. The summed E-state index contributed by atoms with van der Waals surface area (Å²) < 4.78 is 15.5. The van der Waals surface area contributed by atoms with Gasteiger partial charge in [0.05, 0.1) is 25.8 Å². The molecule has 1 aromatic heterocycles. The minimum Gasteiger partial charge on any atom is -0.377 e. The maximum Gasteiger partial charge on any atom is 0.320 e. The average molecular weight is 381 g/mol. The van der Waals surface area contributed by atoms with Crippen molar-refractivity contribution in [1.82, 2.24) is 25.3 Å². The summed E-state index contributed by atoms with van der Waals surface area (Å²) in [7, 11) is 1.54. The number of carbonyl (C=O) groups excluding carboxylic acids is 2. The van der Waals surface area contributed by atoms with Crippen LogP contribution in [0.4, 0.5) is 4.79 Å². The van der Waals surface area contributed by atoms with E-state index >= 15 is 0 Å². The predicted octanol–water partition coefficient (Wildman–Crippen LogP) is 0.529. The lowest BCUT2D eigenvalue weighted by atomic mass is 10.1. The van der Waals surface area contributed by atoms with Crippen LogP contribution in [-0.2, 0) is 27.4 Å².